The summed E-state index contributed by atoms with van der Waals surface area (Å²) in [5.74, 6) is -6.18. The molecule has 0 aliphatic carbocycles. The molecular weight excluding hydrogens is 980 g/mol. The van der Waals surface area contributed by atoms with Crippen LogP contribution in [0, 0.1) is 23.2 Å². The smallest absolute Gasteiger partial charge is 0.347 e. The van der Waals surface area contributed by atoms with E-state index in [2.05, 4.69) is 31.9 Å². The molecule has 0 radical (unpaired) electrons. The fraction of sp³-hybridized carbons (Fsp3) is 0.566. The number of halogens is 1. The number of carboxylic acids is 1. The number of cyclic esters (lactones) is 2. The van der Waals surface area contributed by atoms with Crippen molar-refractivity contribution in [1.82, 2.24) is 31.9 Å². The molecule has 1 saturated heterocycles. The molecule has 1 fully saturated rings. The maximum absolute atomic E-state index is 13.9. The first-order valence-electron chi connectivity index (χ1n) is 25.0. The van der Waals surface area contributed by atoms with Gasteiger partial charge in [-0.05, 0) is 79.8 Å². The molecule has 20 nitrogen and oxygen atoms in total. The number of hydrogen-bond donors (Lipinski definition) is 7. The average Bonchev–Trinajstić information content (AvgIpc) is 4.15. The summed E-state index contributed by atoms with van der Waals surface area (Å²) in [6, 6.07) is 9.05. The van der Waals surface area contributed by atoms with Gasteiger partial charge in [0.05, 0.1) is 23.7 Å². The molecule has 0 bridgehead atoms. The number of hydrogen-bond acceptors (Lipinski definition) is 13. The maximum atomic E-state index is 13.9. The van der Waals surface area contributed by atoms with Crippen molar-refractivity contribution >= 4 is 65.0 Å². The summed E-state index contributed by atoms with van der Waals surface area (Å²) in [5.41, 5.74) is 0.851. The number of carbonyl (C=O) groups is 9. The molecule has 7 N–H and O–H groups in total. The van der Waals surface area contributed by atoms with Gasteiger partial charge in [-0.3, -0.25) is 38.4 Å². The predicted molar refractivity (Wildman–Crippen MR) is 272 cm³/mol. The number of epoxide rings is 1. The third kappa shape index (κ3) is 18.7. The second kappa shape index (κ2) is 28.2. The molecule has 2 aliphatic heterocycles. The Balaban J connectivity index is 1.48. The highest BCUT2D eigenvalue weighted by Crippen LogP contribution is 2.45. The van der Waals surface area contributed by atoms with Gasteiger partial charge in [-0.1, -0.05) is 82.6 Å². The number of aliphatic carboxylic acids is 1. The van der Waals surface area contributed by atoms with Crippen LogP contribution in [0.15, 0.2) is 54.6 Å². The SMILES string of the molecule is CNC(=O)CC[C@H](NC(=O)[C@@H](NC(=O)CCCC(=O)O)C(C)C)C(=O)NCc1ccc([C@H]2O[C@@H]2[C@@H](C)[C@@H]2C/C=C/C(=O)N[C@H](Cc3ccc(OC)c(Cl)c3)C(=O)NCC(C)(C)C(=O)O[C@@H](CC(C)C)C(=O)O2)cc1. The zero-order valence-electron chi connectivity index (χ0n) is 43.7. The molecule has 21 heteroatoms. The van der Waals surface area contributed by atoms with Crippen molar-refractivity contribution in [1.29, 1.82) is 0 Å². The summed E-state index contributed by atoms with van der Waals surface area (Å²) in [6.07, 6.45) is -0.170. The number of amides is 6. The first-order chi connectivity index (χ1) is 34.9. The van der Waals surface area contributed by atoms with Gasteiger partial charge in [0, 0.05) is 58.2 Å². The highest BCUT2D eigenvalue weighted by Gasteiger charge is 2.48. The van der Waals surface area contributed by atoms with Crippen molar-refractivity contribution < 1.29 is 67.2 Å². The number of carbonyl (C=O) groups excluding carboxylic acids is 8. The molecule has 74 heavy (non-hydrogen) atoms. The average molecular weight is 1050 g/mol. The van der Waals surface area contributed by atoms with Crippen LogP contribution >= 0.6 is 11.6 Å². The number of benzene rings is 2. The standard InChI is InChI=1S/C53H73ClN6O14/c1-29(2)24-40-51(69)72-38(12-10-13-42(62)58-37(26-33-18-22-39(71-9)35(54)25-33)49(67)57-28-53(6,7)52(70)73-40)31(5)46-47(74-46)34-19-16-32(17-20-34)27-56-48(66)36(21-23-41(61)55-8)59-50(68)45(30(3)4)60-43(63)14-11-15-44(64)65/h10,13,16-20,22,25,29-31,36-38,40,45-47H,11-12,14-15,21,23-24,26-28H2,1-9H3,(H,55,61)(H,56,66)(H,57,67)(H,58,62)(H,59,68)(H,60,63)(H,64,65)/b13-10+/t31-,36-,37+,38-,40-,45-,46+,47+/m0/s1. The second-order valence-corrected chi connectivity index (χ2v) is 20.5. The first kappa shape index (κ1) is 60.0. The topological polar surface area (TPSA) is 286 Å². The lowest BCUT2D eigenvalue weighted by atomic mass is 9.92. The van der Waals surface area contributed by atoms with Crippen LogP contribution in [0.5, 0.6) is 5.75 Å². The lowest BCUT2D eigenvalue weighted by molar-refractivity contribution is -0.179. The quantitative estimate of drug-likeness (QED) is 0.0645. The van der Waals surface area contributed by atoms with Crippen LogP contribution in [0.4, 0.5) is 0 Å². The fourth-order valence-corrected chi connectivity index (χ4v) is 8.35. The van der Waals surface area contributed by atoms with Crippen molar-refractivity contribution in [3.63, 3.8) is 0 Å². The summed E-state index contributed by atoms with van der Waals surface area (Å²) in [6.45, 7) is 12.1. The molecule has 8 atom stereocenters. The van der Waals surface area contributed by atoms with Gasteiger partial charge < -0.3 is 56.0 Å². The summed E-state index contributed by atoms with van der Waals surface area (Å²) < 4.78 is 23.4. The molecular formula is C53H73ClN6O14. The Hall–Kier alpha value is -6.54. The zero-order valence-corrected chi connectivity index (χ0v) is 44.4. The van der Waals surface area contributed by atoms with Crippen molar-refractivity contribution in [3.05, 3.63) is 76.3 Å². The number of rotatable bonds is 22. The van der Waals surface area contributed by atoms with E-state index < -0.39 is 101 Å². The third-order valence-corrected chi connectivity index (χ3v) is 13.0. The molecule has 2 aromatic rings. The Kier molecular flexibility index (Phi) is 22.9. The highest BCUT2D eigenvalue weighted by molar-refractivity contribution is 6.32. The normalized spacial score (nSPS) is 21.9. The van der Waals surface area contributed by atoms with Gasteiger partial charge in [0.25, 0.3) is 0 Å². The molecule has 2 aromatic carbocycles. The van der Waals surface area contributed by atoms with E-state index in [1.807, 2.05) is 32.9 Å². The summed E-state index contributed by atoms with van der Waals surface area (Å²) in [7, 11) is 2.93. The number of nitrogens with one attached hydrogen (secondary N) is 6. The highest BCUT2D eigenvalue weighted by atomic mass is 35.5. The summed E-state index contributed by atoms with van der Waals surface area (Å²) in [4.78, 5) is 117. The van der Waals surface area contributed by atoms with Crippen LogP contribution < -0.4 is 36.6 Å². The van der Waals surface area contributed by atoms with E-state index in [1.54, 1.807) is 64.1 Å². The largest absolute Gasteiger partial charge is 0.495 e. The van der Waals surface area contributed by atoms with E-state index in [0.29, 0.717) is 21.9 Å². The van der Waals surface area contributed by atoms with Gasteiger partial charge in [-0.2, -0.15) is 0 Å². The number of ether oxygens (including phenoxy) is 4. The number of esters is 2. The van der Waals surface area contributed by atoms with Crippen LogP contribution in [0.3, 0.4) is 0 Å². The molecule has 2 aliphatic rings. The van der Waals surface area contributed by atoms with Gasteiger partial charge in [0.15, 0.2) is 6.10 Å². The Morgan fingerprint density at radius 3 is 2.20 bits per heavy atom. The Labute approximate surface area is 437 Å². The van der Waals surface area contributed by atoms with E-state index >= 15 is 0 Å². The first-order valence-corrected chi connectivity index (χ1v) is 25.3. The maximum Gasteiger partial charge on any atom is 0.347 e. The van der Waals surface area contributed by atoms with E-state index in [4.69, 9.17) is 35.7 Å². The second-order valence-electron chi connectivity index (χ2n) is 20.1. The van der Waals surface area contributed by atoms with Gasteiger partial charge >= 0.3 is 17.9 Å². The Bertz CT molecular complexity index is 2360. The van der Waals surface area contributed by atoms with Crippen molar-refractivity contribution in [3.8, 4) is 5.75 Å². The van der Waals surface area contributed by atoms with E-state index in [1.165, 1.54) is 20.2 Å². The molecule has 0 aromatic heterocycles. The van der Waals surface area contributed by atoms with Gasteiger partial charge in [-0.25, -0.2) is 4.79 Å². The van der Waals surface area contributed by atoms with Crippen LogP contribution in [-0.2, 0) is 70.3 Å². The summed E-state index contributed by atoms with van der Waals surface area (Å²) >= 11 is 6.37. The van der Waals surface area contributed by atoms with Crippen molar-refractivity contribution in [2.45, 2.75) is 149 Å². The van der Waals surface area contributed by atoms with Crippen LogP contribution in [0.1, 0.15) is 116 Å². The van der Waals surface area contributed by atoms with Crippen LogP contribution in [-0.4, -0.2) is 116 Å². The lowest BCUT2D eigenvalue weighted by Gasteiger charge is -2.29. The summed E-state index contributed by atoms with van der Waals surface area (Å²) in [5, 5.41) is 25.4. The van der Waals surface area contributed by atoms with Crippen LogP contribution in [0.2, 0.25) is 5.02 Å². The molecule has 4 rings (SSSR count). The lowest BCUT2D eigenvalue weighted by Crippen LogP contribution is -2.55. The molecule has 2 heterocycles. The third-order valence-electron chi connectivity index (χ3n) is 12.7. The number of methoxy groups -OCH3 is 1. The minimum absolute atomic E-state index is 0.0340. The minimum atomic E-state index is -1.29. The van der Waals surface area contributed by atoms with E-state index in [-0.39, 0.29) is 82.2 Å². The molecule has 0 unspecified atom stereocenters. The minimum Gasteiger partial charge on any atom is -0.495 e. The van der Waals surface area contributed by atoms with E-state index in [0.717, 1.165) is 5.56 Å². The zero-order chi connectivity index (χ0) is 54.9. The fourth-order valence-electron chi connectivity index (χ4n) is 8.07. The predicted octanol–water partition coefficient (Wildman–Crippen LogP) is 4.15. The number of carboxylic acid groups (broad SMARTS) is 1. The van der Waals surface area contributed by atoms with Gasteiger partial charge in [0.1, 0.15) is 36.1 Å². The Morgan fingerprint density at radius 1 is 0.892 bits per heavy atom. The molecule has 0 spiro atoms. The molecule has 6 amide bonds. The van der Waals surface area contributed by atoms with E-state index in [9.17, 15) is 43.2 Å². The van der Waals surface area contributed by atoms with Crippen molar-refractivity contribution in [2.75, 3.05) is 20.7 Å². The Morgan fingerprint density at radius 2 is 1.58 bits per heavy atom. The van der Waals surface area contributed by atoms with Crippen molar-refractivity contribution in [2.24, 2.45) is 23.2 Å². The molecule has 406 valence electrons. The van der Waals surface area contributed by atoms with Gasteiger partial charge in [0.2, 0.25) is 35.4 Å². The monoisotopic (exact) mass is 1050 g/mol. The van der Waals surface area contributed by atoms with Crippen LogP contribution in [0.25, 0.3) is 0 Å². The van der Waals surface area contributed by atoms with Gasteiger partial charge in [-0.15, -0.1) is 0 Å². The molecule has 0 saturated carbocycles.